The zero-order valence-corrected chi connectivity index (χ0v) is 15.6. The van der Waals surface area contributed by atoms with Crippen LogP contribution in [0.5, 0.6) is 0 Å². The fourth-order valence-corrected chi connectivity index (χ4v) is 0.882. The number of rotatable bonds is 3. The molecule has 6 nitrogen and oxygen atoms in total. The number of allylic oxidation sites excluding steroid dienone is 6. The molecule has 0 fully saturated rings. The number of hydrogen-bond acceptors (Lipinski definition) is 6. The van der Waals surface area contributed by atoms with Gasteiger partial charge in [-0.05, 0) is 41.5 Å². The molecular formula is C15H24DyO6. The second-order valence-corrected chi connectivity index (χ2v) is 4.19. The van der Waals surface area contributed by atoms with E-state index in [1.165, 1.54) is 59.8 Å². The van der Waals surface area contributed by atoms with E-state index in [0.29, 0.717) is 0 Å². The summed E-state index contributed by atoms with van der Waals surface area (Å²) in [6.07, 6.45) is 3.50. The van der Waals surface area contributed by atoms with E-state index in [2.05, 4.69) is 0 Å². The summed E-state index contributed by atoms with van der Waals surface area (Å²) in [7, 11) is 0. The first kappa shape index (κ1) is 29.0. The van der Waals surface area contributed by atoms with Crippen LogP contribution in [0.1, 0.15) is 41.5 Å². The molecule has 3 N–H and O–H groups in total. The third-order valence-electron chi connectivity index (χ3n) is 1.24. The maximum absolute atomic E-state index is 10.0. The Labute approximate surface area is 161 Å². The first-order valence-corrected chi connectivity index (χ1v) is 6.02. The van der Waals surface area contributed by atoms with Crippen LogP contribution in [0.15, 0.2) is 35.5 Å². The number of hydrogen-bond donors (Lipinski definition) is 3. The zero-order chi connectivity index (χ0) is 17.6. The van der Waals surface area contributed by atoms with E-state index in [1.807, 2.05) is 0 Å². The van der Waals surface area contributed by atoms with Crippen LogP contribution >= 0.6 is 0 Å². The number of carbonyl (C=O) groups excluding carboxylic acids is 3. The minimum Gasteiger partial charge on any atom is -0.512 e. The van der Waals surface area contributed by atoms with Gasteiger partial charge < -0.3 is 15.3 Å². The van der Waals surface area contributed by atoms with Crippen molar-refractivity contribution in [1.82, 2.24) is 0 Å². The Hall–Kier alpha value is -1.10. The fraction of sp³-hybridized carbons (Fsp3) is 0.400. The molecule has 0 aliphatic rings. The third kappa shape index (κ3) is 51.0. The van der Waals surface area contributed by atoms with Gasteiger partial charge in [0.2, 0.25) is 0 Å². The Morgan fingerprint density at radius 3 is 0.682 bits per heavy atom. The Morgan fingerprint density at radius 1 is 0.545 bits per heavy atom. The van der Waals surface area contributed by atoms with Crippen molar-refractivity contribution in [3.05, 3.63) is 35.5 Å². The van der Waals surface area contributed by atoms with Crippen molar-refractivity contribution >= 4 is 17.3 Å². The van der Waals surface area contributed by atoms with Crippen LogP contribution in [-0.4, -0.2) is 32.7 Å². The summed E-state index contributed by atoms with van der Waals surface area (Å²) >= 11 is 0. The van der Waals surface area contributed by atoms with Gasteiger partial charge in [-0.15, -0.1) is 0 Å². The smallest absolute Gasteiger partial charge is 0.155 e. The van der Waals surface area contributed by atoms with Gasteiger partial charge in [0.15, 0.2) is 17.3 Å². The normalized spacial score (nSPS) is 10.9. The summed E-state index contributed by atoms with van der Waals surface area (Å²) in [6.45, 7) is 8.54. The van der Waals surface area contributed by atoms with Crippen molar-refractivity contribution in [3.8, 4) is 0 Å². The van der Waals surface area contributed by atoms with E-state index >= 15 is 0 Å². The SMILES string of the molecule is CC(=O)C=C(C)O.CC(=O)C=C(C)O.CC(=O)C=C(C)O.[Dy]. The van der Waals surface area contributed by atoms with Crippen molar-refractivity contribution in [2.24, 2.45) is 0 Å². The first-order valence-electron chi connectivity index (χ1n) is 6.02. The van der Waals surface area contributed by atoms with Crippen LogP contribution in [0.3, 0.4) is 0 Å². The molecule has 130 valence electrons. The van der Waals surface area contributed by atoms with Crippen molar-refractivity contribution in [2.75, 3.05) is 0 Å². The molecule has 0 amide bonds. The molecule has 0 saturated carbocycles. The van der Waals surface area contributed by atoms with Crippen LogP contribution in [-0.2, 0) is 14.4 Å². The van der Waals surface area contributed by atoms with Gasteiger partial charge in [0, 0.05) is 56.4 Å². The van der Waals surface area contributed by atoms with E-state index in [9.17, 15) is 14.4 Å². The molecule has 0 aromatic rings. The Kier molecular flexibility index (Phi) is 23.6. The van der Waals surface area contributed by atoms with Gasteiger partial charge in [0.25, 0.3) is 0 Å². The Bertz CT molecular complexity index is 368. The Balaban J connectivity index is -0.000000108. The topological polar surface area (TPSA) is 112 Å². The molecule has 0 aliphatic heterocycles. The van der Waals surface area contributed by atoms with E-state index < -0.39 is 0 Å². The average molecular weight is 463 g/mol. The summed E-state index contributed by atoms with van der Waals surface area (Å²) in [6, 6.07) is 0. The van der Waals surface area contributed by atoms with Crippen molar-refractivity contribution < 1.29 is 67.9 Å². The summed E-state index contributed by atoms with van der Waals surface area (Å²) in [5.74, 6) is -0.187. The average Bonchev–Trinajstić information content (AvgIpc) is 2.10. The van der Waals surface area contributed by atoms with Gasteiger partial charge in [0.05, 0.1) is 17.3 Å². The zero-order valence-electron chi connectivity index (χ0n) is 13.6. The van der Waals surface area contributed by atoms with Gasteiger partial charge in [-0.25, -0.2) is 0 Å². The summed E-state index contributed by atoms with van der Waals surface area (Å²) in [5.41, 5.74) is 0. The van der Waals surface area contributed by atoms with E-state index in [1.54, 1.807) is 0 Å². The minimum atomic E-state index is -0.125. The number of carbonyl (C=O) groups is 3. The van der Waals surface area contributed by atoms with E-state index in [-0.39, 0.29) is 72.8 Å². The van der Waals surface area contributed by atoms with Crippen LogP contribution in [0.4, 0.5) is 0 Å². The van der Waals surface area contributed by atoms with Crippen LogP contribution in [0.25, 0.3) is 0 Å². The molecule has 0 saturated heterocycles. The largest absolute Gasteiger partial charge is 0.512 e. The monoisotopic (exact) mass is 464 g/mol. The standard InChI is InChI=1S/3C5H8O2.Dy/c3*1-4(6)3-5(2)7;/h3*3,6H,1-2H3;. The molecule has 0 atom stereocenters. The molecule has 0 aliphatic carbocycles. The van der Waals surface area contributed by atoms with Gasteiger partial charge in [-0.1, -0.05) is 0 Å². The molecule has 0 bridgehead atoms. The molecule has 0 rings (SSSR count). The number of aliphatic hydroxyl groups is 3. The fourth-order valence-electron chi connectivity index (χ4n) is 0.882. The predicted octanol–water partition coefficient (Wildman–Crippen LogP) is 3.11. The summed E-state index contributed by atoms with van der Waals surface area (Å²) < 4.78 is 0. The predicted molar refractivity (Wildman–Crippen MR) is 81.2 cm³/mol. The van der Waals surface area contributed by atoms with Crippen LogP contribution in [0.2, 0.25) is 0 Å². The van der Waals surface area contributed by atoms with Gasteiger partial charge in [0.1, 0.15) is 0 Å². The molecule has 0 heterocycles. The molecule has 7 heteroatoms. The van der Waals surface area contributed by atoms with Crippen molar-refractivity contribution in [3.63, 3.8) is 0 Å². The minimum absolute atomic E-state index is 0. The Morgan fingerprint density at radius 2 is 0.682 bits per heavy atom. The second-order valence-electron chi connectivity index (χ2n) is 4.19. The molecular weight excluding hydrogens is 439 g/mol. The quantitative estimate of drug-likeness (QED) is 0.439. The van der Waals surface area contributed by atoms with E-state index in [4.69, 9.17) is 15.3 Å². The number of ketones is 3. The summed E-state index contributed by atoms with van der Waals surface area (Å²) in [5, 5.41) is 25.1. The van der Waals surface area contributed by atoms with Crippen LogP contribution < -0.4 is 0 Å². The molecule has 0 radical (unpaired) electrons. The molecule has 0 aromatic carbocycles. The molecule has 0 spiro atoms. The summed E-state index contributed by atoms with van der Waals surface area (Å²) in [4.78, 5) is 30.1. The van der Waals surface area contributed by atoms with Gasteiger partial charge in [-0.3, -0.25) is 14.4 Å². The number of aliphatic hydroxyl groups excluding tert-OH is 3. The van der Waals surface area contributed by atoms with Gasteiger partial charge >= 0.3 is 0 Å². The van der Waals surface area contributed by atoms with Crippen molar-refractivity contribution in [1.29, 1.82) is 0 Å². The maximum atomic E-state index is 10.0. The molecule has 22 heavy (non-hydrogen) atoms. The van der Waals surface area contributed by atoms with E-state index in [0.717, 1.165) is 0 Å². The molecule has 0 unspecified atom stereocenters. The maximum Gasteiger partial charge on any atom is 0.155 e. The first-order chi connectivity index (χ1) is 9.38. The third-order valence-corrected chi connectivity index (χ3v) is 1.24. The second kappa shape index (κ2) is 18.0. The van der Waals surface area contributed by atoms with Gasteiger partial charge in [-0.2, -0.15) is 0 Å². The molecule has 0 aromatic heterocycles. The van der Waals surface area contributed by atoms with Crippen molar-refractivity contribution in [2.45, 2.75) is 41.5 Å². The van der Waals surface area contributed by atoms with Crippen LogP contribution in [0, 0.1) is 38.2 Å².